The van der Waals surface area contributed by atoms with Gasteiger partial charge in [-0.1, -0.05) is 129 Å². The highest BCUT2D eigenvalue weighted by Gasteiger charge is 2.24. The molecule has 51 heavy (non-hydrogen) atoms. The van der Waals surface area contributed by atoms with Gasteiger partial charge < -0.3 is 33.9 Å². The minimum absolute atomic E-state index is 0.0306. The number of phenols is 1. The molecular weight excluding hydrogens is 640 g/mol. The number of ether oxygens (including phenoxy) is 2. The second-order valence-electron chi connectivity index (χ2n) is 14.5. The number of aliphatic hydroxyl groups is 2. The van der Waals surface area contributed by atoms with Gasteiger partial charge in [-0.15, -0.1) is 0 Å². The van der Waals surface area contributed by atoms with E-state index in [1.54, 1.807) is 25.0 Å². The van der Waals surface area contributed by atoms with Crippen LogP contribution in [0.15, 0.2) is 43.5 Å². The Kier molecular flexibility index (Phi) is 22.2. The van der Waals surface area contributed by atoms with E-state index in [-0.39, 0.29) is 18.6 Å². The fourth-order valence-electron chi connectivity index (χ4n) is 6.78. The summed E-state index contributed by atoms with van der Waals surface area (Å²) in [7, 11) is 0. The molecule has 0 spiro atoms. The van der Waals surface area contributed by atoms with Gasteiger partial charge in [0.05, 0.1) is 38.1 Å². The Morgan fingerprint density at radius 3 is 1.24 bits per heavy atom. The molecule has 2 unspecified atom stereocenters. The average molecular weight is 711 g/mol. The van der Waals surface area contributed by atoms with E-state index in [2.05, 4.69) is 23.8 Å². The van der Waals surface area contributed by atoms with Crippen molar-refractivity contribution in [3.8, 4) is 17.2 Å². The Hall–Kier alpha value is -3.04. The van der Waals surface area contributed by atoms with Crippen molar-refractivity contribution in [3.63, 3.8) is 0 Å². The standard InChI is InChI=1S/C42H70N4O5/c1-3-5-7-9-11-13-15-17-19-21-27-50-40-31-41(51-28-22-20-18-16-14-12-10-8-6-4-2)39(30-37(48)33-46-26-24-44-35-46)42(49)38(40)29-36(47)32-45-25-23-43-34-45/h23-26,31,34-37,47-49H,3-22,27-30,32-33H2,1-2H3. The third kappa shape index (κ3) is 17.8. The van der Waals surface area contributed by atoms with Crippen molar-refractivity contribution < 1.29 is 24.8 Å². The fourth-order valence-corrected chi connectivity index (χ4v) is 6.78. The lowest BCUT2D eigenvalue weighted by Crippen LogP contribution is -2.21. The number of phenolic OH excluding ortho intramolecular Hbond substituents is 1. The molecule has 0 aliphatic heterocycles. The van der Waals surface area contributed by atoms with Crippen molar-refractivity contribution in [3.05, 3.63) is 54.6 Å². The zero-order valence-electron chi connectivity index (χ0n) is 32.0. The van der Waals surface area contributed by atoms with E-state index in [1.165, 1.54) is 103 Å². The molecule has 0 bridgehead atoms. The predicted octanol–water partition coefficient (Wildman–Crippen LogP) is 9.59. The van der Waals surface area contributed by atoms with Gasteiger partial charge in [0.1, 0.15) is 17.2 Å². The van der Waals surface area contributed by atoms with Crippen molar-refractivity contribution in [2.45, 2.75) is 180 Å². The number of imidazole rings is 2. The second-order valence-corrected chi connectivity index (χ2v) is 14.5. The van der Waals surface area contributed by atoms with Crippen LogP contribution in [-0.4, -0.2) is 59.8 Å². The average Bonchev–Trinajstić information content (AvgIpc) is 3.84. The van der Waals surface area contributed by atoms with Crippen LogP contribution in [0.5, 0.6) is 17.2 Å². The van der Waals surface area contributed by atoms with Crippen LogP contribution in [0.2, 0.25) is 0 Å². The smallest absolute Gasteiger partial charge is 0.129 e. The lowest BCUT2D eigenvalue weighted by atomic mass is 9.97. The van der Waals surface area contributed by atoms with E-state index in [1.807, 2.05) is 27.6 Å². The van der Waals surface area contributed by atoms with Gasteiger partial charge in [-0.25, -0.2) is 9.97 Å². The highest BCUT2D eigenvalue weighted by Crippen LogP contribution is 2.41. The summed E-state index contributed by atoms with van der Waals surface area (Å²) in [4.78, 5) is 8.19. The monoisotopic (exact) mass is 711 g/mol. The number of aromatic hydroxyl groups is 1. The lowest BCUT2D eigenvalue weighted by Gasteiger charge is -2.23. The molecule has 9 heteroatoms. The SMILES string of the molecule is CCCCCCCCCCCCOc1cc(OCCCCCCCCCCCC)c(CC(O)Cn2ccnc2)c(O)c1CC(O)Cn1ccnc1. The summed E-state index contributed by atoms with van der Waals surface area (Å²) in [5.41, 5.74) is 1.09. The fraction of sp³-hybridized carbons (Fsp3) is 0.714. The second kappa shape index (κ2) is 26.7. The van der Waals surface area contributed by atoms with Gasteiger partial charge in [0.2, 0.25) is 0 Å². The van der Waals surface area contributed by atoms with E-state index in [4.69, 9.17) is 9.47 Å². The number of hydrogen-bond acceptors (Lipinski definition) is 7. The Labute approximate surface area is 308 Å². The lowest BCUT2D eigenvalue weighted by molar-refractivity contribution is 0.148. The number of aliphatic hydroxyl groups excluding tert-OH is 2. The van der Waals surface area contributed by atoms with E-state index in [0.717, 1.165) is 25.7 Å². The van der Waals surface area contributed by atoms with E-state index in [0.29, 0.717) is 48.9 Å². The summed E-state index contributed by atoms with van der Waals surface area (Å²) in [6.07, 6.45) is 34.0. The summed E-state index contributed by atoms with van der Waals surface area (Å²) in [6, 6.07) is 1.88. The molecule has 3 aromatic rings. The molecule has 0 saturated carbocycles. The van der Waals surface area contributed by atoms with Gasteiger partial charge in [0, 0.05) is 67.9 Å². The Balaban J connectivity index is 1.66. The third-order valence-electron chi connectivity index (χ3n) is 9.78. The molecule has 0 amide bonds. The summed E-state index contributed by atoms with van der Waals surface area (Å²) in [6.45, 7) is 6.25. The molecule has 0 fully saturated rings. The maximum Gasteiger partial charge on any atom is 0.129 e. The normalized spacial score (nSPS) is 12.7. The number of nitrogens with zero attached hydrogens (tertiary/aromatic N) is 4. The van der Waals surface area contributed by atoms with Crippen LogP contribution in [0.1, 0.15) is 153 Å². The molecule has 9 nitrogen and oxygen atoms in total. The first-order chi connectivity index (χ1) is 25.0. The van der Waals surface area contributed by atoms with Gasteiger partial charge in [-0.2, -0.15) is 0 Å². The van der Waals surface area contributed by atoms with Crippen molar-refractivity contribution in [2.24, 2.45) is 0 Å². The zero-order valence-corrected chi connectivity index (χ0v) is 32.0. The summed E-state index contributed by atoms with van der Waals surface area (Å²) >= 11 is 0. The number of benzene rings is 1. The van der Waals surface area contributed by atoms with Gasteiger partial charge in [0.15, 0.2) is 0 Å². The molecule has 1 aromatic carbocycles. The summed E-state index contributed by atoms with van der Waals surface area (Å²) in [5.74, 6) is 1.11. The van der Waals surface area contributed by atoms with E-state index < -0.39 is 12.2 Å². The number of rotatable bonds is 32. The third-order valence-corrected chi connectivity index (χ3v) is 9.78. The predicted molar refractivity (Wildman–Crippen MR) is 207 cm³/mol. The van der Waals surface area contributed by atoms with Crippen LogP contribution in [0.4, 0.5) is 0 Å². The van der Waals surface area contributed by atoms with Crippen LogP contribution in [0, 0.1) is 0 Å². The van der Waals surface area contributed by atoms with Gasteiger partial charge in [-0.05, 0) is 12.8 Å². The molecule has 0 aliphatic carbocycles. The van der Waals surface area contributed by atoms with Crippen LogP contribution in [0.3, 0.4) is 0 Å². The topological polar surface area (TPSA) is 115 Å². The Bertz CT molecular complexity index is 1160. The first-order valence-electron chi connectivity index (χ1n) is 20.4. The largest absolute Gasteiger partial charge is 0.507 e. The highest BCUT2D eigenvalue weighted by molar-refractivity contribution is 5.57. The molecule has 0 saturated heterocycles. The first-order valence-corrected chi connectivity index (χ1v) is 20.4. The maximum absolute atomic E-state index is 11.8. The van der Waals surface area contributed by atoms with Crippen LogP contribution < -0.4 is 9.47 Å². The molecule has 2 aromatic heterocycles. The van der Waals surface area contributed by atoms with Crippen molar-refractivity contribution in [2.75, 3.05) is 13.2 Å². The highest BCUT2D eigenvalue weighted by atomic mass is 16.5. The number of aromatic nitrogens is 4. The molecule has 3 rings (SSSR count). The summed E-state index contributed by atoms with van der Waals surface area (Å²) < 4.78 is 16.4. The van der Waals surface area contributed by atoms with Crippen molar-refractivity contribution in [1.82, 2.24) is 19.1 Å². The van der Waals surface area contributed by atoms with Gasteiger partial charge in [0.25, 0.3) is 0 Å². The van der Waals surface area contributed by atoms with Crippen molar-refractivity contribution in [1.29, 1.82) is 0 Å². The number of unbranched alkanes of at least 4 members (excludes halogenated alkanes) is 18. The minimum atomic E-state index is -0.771. The van der Waals surface area contributed by atoms with Crippen LogP contribution >= 0.6 is 0 Å². The van der Waals surface area contributed by atoms with Crippen molar-refractivity contribution >= 4 is 0 Å². The van der Waals surface area contributed by atoms with E-state index in [9.17, 15) is 15.3 Å². The molecule has 0 aliphatic rings. The van der Waals surface area contributed by atoms with Gasteiger partial charge >= 0.3 is 0 Å². The minimum Gasteiger partial charge on any atom is -0.507 e. The summed E-state index contributed by atoms with van der Waals surface area (Å²) in [5, 5.41) is 34.0. The van der Waals surface area contributed by atoms with Crippen LogP contribution in [0.25, 0.3) is 0 Å². The maximum atomic E-state index is 11.8. The zero-order chi connectivity index (χ0) is 36.4. The molecular formula is C42H70N4O5. The number of hydrogen-bond donors (Lipinski definition) is 3. The Morgan fingerprint density at radius 2 is 0.902 bits per heavy atom. The quantitative estimate of drug-likeness (QED) is 0.0553. The molecule has 2 atom stereocenters. The molecule has 288 valence electrons. The molecule has 0 radical (unpaired) electrons. The molecule has 3 N–H and O–H groups in total. The Morgan fingerprint density at radius 1 is 0.549 bits per heavy atom. The molecule has 2 heterocycles. The van der Waals surface area contributed by atoms with Crippen LogP contribution in [-0.2, 0) is 25.9 Å². The van der Waals surface area contributed by atoms with E-state index >= 15 is 0 Å². The first kappa shape index (κ1) is 42.4. The van der Waals surface area contributed by atoms with Gasteiger partial charge in [-0.3, -0.25) is 0 Å².